The Morgan fingerprint density at radius 3 is 2.74 bits per heavy atom. The number of fused-ring (bicyclic) bond motifs is 1. The lowest BCUT2D eigenvalue weighted by Crippen LogP contribution is -2.37. The van der Waals surface area contributed by atoms with Crippen LogP contribution in [0.1, 0.15) is 19.4 Å². The second-order valence-electron chi connectivity index (χ2n) is 5.51. The van der Waals surface area contributed by atoms with Crippen LogP contribution >= 0.6 is 0 Å². The Hall–Kier alpha value is -1.55. The van der Waals surface area contributed by atoms with E-state index in [0.29, 0.717) is 24.8 Å². The van der Waals surface area contributed by atoms with Gasteiger partial charge in [0.2, 0.25) is 5.91 Å². The van der Waals surface area contributed by atoms with Gasteiger partial charge in [-0.1, -0.05) is 13.8 Å². The Labute approximate surface area is 115 Å². The van der Waals surface area contributed by atoms with Gasteiger partial charge < -0.3 is 16.0 Å². The maximum absolute atomic E-state index is 12.2. The number of nitrogens with one attached hydrogen (secondary N) is 1. The second kappa shape index (κ2) is 5.61. The summed E-state index contributed by atoms with van der Waals surface area (Å²) >= 11 is 0. The van der Waals surface area contributed by atoms with E-state index in [9.17, 15) is 4.79 Å². The fourth-order valence-corrected chi connectivity index (χ4v) is 2.53. The second-order valence-corrected chi connectivity index (χ2v) is 5.51. The third-order valence-electron chi connectivity index (χ3n) is 3.96. The van der Waals surface area contributed by atoms with Gasteiger partial charge in [-0.05, 0) is 42.1 Å². The molecule has 1 unspecified atom stereocenters. The Bertz CT molecular complexity index is 470. The molecule has 1 heterocycles. The van der Waals surface area contributed by atoms with Crippen molar-refractivity contribution in [2.75, 3.05) is 30.4 Å². The minimum absolute atomic E-state index is 0.183. The molecule has 1 aromatic rings. The van der Waals surface area contributed by atoms with Crippen LogP contribution in [0.5, 0.6) is 0 Å². The lowest BCUT2D eigenvalue weighted by molar-refractivity contribution is -0.117. The lowest BCUT2D eigenvalue weighted by atomic mass is 9.95. The highest BCUT2D eigenvalue weighted by Crippen LogP contribution is 2.32. The van der Waals surface area contributed by atoms with E-state index in [0.717, 1.165) is 23.5 Å². The Balaban J connectivity index is 2.22. The zero-order valence-corrected chi connectivity index (χ0v) is 11.9. The van der Waals surface area contributed by atoms with Crippen molar-refractivity contribution >= 4 is 17.3 Å². The molecule has 0 saturated heterocycles. The standard InChI is InChI=1S/C15H23N3O/c1-10(2)12(8-16)9-18-14-5-4-13(17-3)6-11(14)7-15(18)19/h4-6,10,12,17H,7-9,16H2,1-3H3. The molecule has 0 aromatic heterocycles. The van der Waals surface area contributed by atoms with Crippen molar-refractivity contribution in [2.24, 2.45) is 17.6 Å². The van der Waals surface area contributed by atoms with E-state index in [1.807, 2.05) is 24.1 Å². The van der Waals surface area contributed by atoms with E-state index in [1.165, 1.54) is 0 Å². The number of carbonyl (C=O) groups excluding carboxylic acids is 1. The lowest BCUT2D eigenvalue weighted by Gasteiger charge is -2.26. The summed E-state index contributed by atoms with van der Waals surface area (Å²) in [5.41, 5.74) is 9.02. The number of benzene rings is 1. The highest BCUT2D eigenvalue weighted by Gasteiger charge is 2.29. The van der Waals surface area contributed by atoms with Crippen molar-refractivity contribution in [2.45, 2.75) is 20.3 Å². The van der Waals surface area contributed by atoms with Crippen LogP contribution in [0.2, 0.25) is 0 Å². The van der Waals surface area contributed by atoms with Gasteiger partial charge in [-0.2, -0.15) is 0 Å². The molecule has 19 heavy (non-hydrogen) atoms. The molecule has 0 saturated carbocycles. The molecule has 4 nitrogen and oxygen atoms in total. The van der Waals surface area contributed by atoms with Crippen LogP contribution in [-0.2, 0) is 11.2 Å². The fourth-order valence-electron chi connectivity index (χ4n) is 2.53. The molecule has 2 rings (SSSR count). The highest BCUT2D eigenvalue weighted by molar-refractivity contribution is 6.01. The summed E-state index contributed by atoms with van der Waals surface area (Å²) in [6.07, 6.45) is 0.500. The smallest absolute Gasteiger partial charge is 0.231 e. The number of carbonyl (C=O) groups is 1. The zero-order chi connectivity index (χ0) is 14.0. The van der Waals surface area contributed by atoms with E-state index in [-0.39, 0.29) is 5.91 Å². The maximum atomic E-state index is 12.2. The SMILES string of the molecule is CNc1ccc2c(c1)CC(=O)N2CC(CN)C(C)C. The predicted octanol–water partition coefficient (Wildman–Crippen LogP) is 1.85. The normalized spacial score (nSPS) is 15.8. The van der Waals surface area contributed by atoms with E-state index in [1.54, 1.807) is 0 Å². The van der Waals surface area contributed by atoms with E-state index in [2.05, 4.69) is 25.2 Å². The minimum Gasteiger partial charge on any atom is -0.388 e. The van der Waals surface area contributed by atoms with Crippen LogP contribution in [0.15, 0.2) is 18.2 Å². The Kier molecular flexibility index (Phi) is 4.10. The van der Waals surface area contributed by atoms with Gasteiger partial charge in [0.15, 0.2) is 0 Å². The third-order valence-corrected chi connectivity index (χ3v) is 3.96. The molecule has 1 amide bonds. The minimum atomic E-state index is 0.183. The third kappa shape index (κ3) is 2.73. The molecular weight excluding hydrogens is 238 g/mol. The van der Waals surface area contributed by atoms with Gasteiger partial charge in [0.25, 0.3) is 0 Å². The van der Waals surface area contributed by atoms with Crippen LogP contribution in [0.25, 0.3) is 0 Å². The average Bonchev–Trinajstić information content (AvgIpc) is 2.70. The number of amides is 1. The number of hydrogen-bond donors (Lipinski definition) is 2. The van der Waals surface area contributed by atoms with Gasteiger partial charge in [-0.15, -0.1) is 0 Å². The molecule has 1 aromatic carbocycles. The number of nitrogens with two attached hydrogens (primary N) is 1. The van der Waals surface area contributed by atoms with Crippen LogP contribution in [-0.4, -0.2) is 26.0 Å². The van der Waals surface area contributed by atoms with Gasteiger partial charge in [-0.3, -0.25) is 4.79 Å². The highest BCUT2D eigenvalue weighted by atomic mass is 16.2. The number of anilines is 2. The maximum Gasteiger partial charge on any atom is 0.231 e. The summed E-state index contributed by atoms with van der Waals surface area (Å²) < 4.78 is 0. The summed E-state index contributed by atoms with van der Waals surface area (Å²) in [7, 11) is 1.89. The summed E-state index contributed by atoms with van der Waals surface area (Å²) in [6, 6.07) is 6.09. The topological polar surface area (TPSA) is 58.4 Å². The Morgan fingerprint density at radius 2 is 2.16 bits per heavy atom. The predicted molar refractivity (Wildman–Crippen MR) is 79.4 cm³/mol. The van der Waals surface area contributed by atoms with Gasteiger partial charge >= 0.3 is 0 Å². The summed E-state index contributed by atoms with van der Waals surface area (Å²) in [4.78, 5) is 14.1. The van der Waals surface area contributed by atoms with Crippen molar-refractivity contribution < 1.29 is 4.79 Å². The number of rotatable bonds is 5. The molecule has 1 atom stereocenters. The molecule has 0 radical (unpaired) electrons. The molecule has 1 aliphatic heterocycles. The number of hydrogen-bond acceptors (Lipinski definition) is 3. The van der Waals surface area contributed by atoms with Crippen LogP contribution in [0.4, 0.5) is 11.4 Å². The van der Waals surface area contributed by atoms with E-state index < -0.39 is 0 Å². The Morgan fingerprint density at radius 1 is 1.42 bits per heavy atom. The van der Waals surface area contributed by atoms with Crippen LogP contribution in [0, 0.1) is 11.8 Å². The van der Waals surface area contributed by atoms with Gasteiger partial charge in [0.05, 0.1) is 6.42 Å². The first kappa shape index (κ1) is 13.9. The molecule has 4 heteroatoms. The van der Waals surface area contributed by atoms with Crippen molar-refractivity contribution in [1.82, 2.24) is 0 Å². The first-order chi connectivity index (χ1) is 9.06. The monoisotopic (exact) mass is 261 g/mol. The van der Waals surface area contributed by atoms with E-state index in [4.69, 9.17) is 5.73 Å². The molecule has 0 spiro atoms. The molecule has 104 valence electrons. The first-order valence-electron chi connectivity index (χ1n) is 6.88. The van der Waals surface area contributed by atoms with Crippen molar-refractivity contribution in [3.05, 3.63) is 23.8 Å². The summed E-state index contributed by atoms with van der Waals surface area (Å²) in [6.45, 7) is 5.65. The molecule has 1 aliphatic rings. The summed E-state index contributed by atoms with van der Waals surface area (Å²) in [5.74, 6) is 1.01. The quantitative estimate of drug-likeness (QED) is 0.850. The van der Waals surface area contributed by atoms with E-state index >= 15 is 0 Å². The molecule has 0 aliphatic carbocycles. The number of nitrogens with zero attached hydrogens (tertiary/aromatic N) is 1. The van der Waals surface area contributed by atoms with Crippen molar-refractivity contribution in [3.63, 3.8) is 0 Å². The van der Waals surface area contributed by atoms with Crippen LogP contribution in [0.3, 0.4) is 0 Å². The molecule has 0 fully saturated rings. The van der Waals surface area contributed by atoms with Gasteiger partial charge in [0.1, 0.15) is 0 Å². The van der Waals surface area contributed by atoms with Gasteiger partial charge in [0, 0.05) is 25.0 Å². The molecule has 0 bridgehead atoms. The van der Waals surface area contributed by atoms with Gasteiger partial charge in [-0.25, -0.2) is 0 Å². The molecular formula is C15H23N3O. The summed E-state index contributed by atoms with van der Waals surface area (Å²) in [5, 5.41) is 3.11. The van der Waals surface area contributed by atoms with Crippen molar-refractivity contribution in [3.8, 4) is 0 Å². The fraction of sp³-hybridized carbons (Fsp3) is 0.533. The largest absolute Gasteiger partial charge is 0.388 e. The van der Waals surface area contributed by atoms with Crippen LogP contribution < -0.4 is 16.0 Å². The van der Waals surface area contributed by atoms with Crippen molar-refractivity contribution in [1.29, 1.82) is 0 Å². The molecule has 3 N–H and O–H groups in total. The first-order valence-corrected chi connectivity index (χ1v) is 6.88. The zero-order valence-electron chi connectivity index (χ0n) is 11.9. The average molecular weight is 261 g/mol.